The summed E-state index contributed by atoms with van der Waals surface area (Å²) in [5.41, 5.74) is 13.6. The van der Waals surface area contributed by atoms with Crippen LogP contribution in [0.1, 0.15) is 74.1 Å². The number of aryl methyl sites for hydroxylation is 6. The van der Waals surface area contributed by atoms with Crippen molar-refractivity contribution in [3.63, 3.8) is 0 Å². The van der Waals surface area contributed by atoms with Crippen LogP contribution in [0.2, 0.25) is 0 Å². The molecule has 0 heterocycles. The van der Waals surface area contributed by atoms with Crippen LogP contribution in [-0.4, -0.2) is 0 Å². The molecule has 0 saturated carbocycles. The van der Waals surface area contributed by atoms with E-state index in [-0.39, 0.29) is 12.1 Å². The fourth-order valence-corrected chi connectivity index (χ4v) is 5.71. The van der Waals surface area contributed by atoms with Crippen molar-refractivity contribution in [2.75, 3.05) is 0 Å². The molecule has 0 spiro atoms. The molecule has 4 rings (SSSR count). The highest BCUT2D eigenvalue weighted by atomic mass is 15.0. The molecule has 2 atom stereocenters. The summed E-state index contributed by atoms with van der Waals surface area (Å²) >= 11 is 0. The Hall–Kier alpha value is -3.20. The fourth-order valence-electron chi connectivity index (χ4n) is 5.71. The van der Waals surface area contributed by atoms with Gasteiger partial charge in [0.25, 0.3) is 0 Å². The largest absolute Gasteiger partial charge is 0.306 e. The van der Waals surface area contributed by atoms with E-state index in [4.69, 9.17) is 0 Å². The molecule has 2 nitrogen and oxygen atoms in total. The summed E-state index contributed by atoms with van der Waals surface area (Å²) in [5, 5.41) is 7.88. The zero-order valence-electron chi connectivity index (χ0n) is 23.4. The third-order valence-corrected chi connectivity index (χ3v) is 7.61. The molecule has 0 radical (unpaired) electrons. The van der Waals surface area contributed by atoms with Crippen LogP contribution in [0.25, 0.3) is 0 Å². The lowest BCUT2D eigenvalue weighted by atomic mass is 9.93. The first-order chi connectivity index (χ1) is 17.8. The molecule has 37 heavy (non-hydrogen) atoms. The van der Waals surface area contributed by atoms with Crippen LogP contribution in [0.5, 0.6) is 0 Å². The van der Waals surface area contributed by atoms with Crippen molar-refractivity contribution < 1.29 is 0 Å². The molecule has 0 unspecified atom stereocenters. The van der Waals surface area contributed by atoms with E-state index in [2.05, 4.69) is 137 Å². The van der Waals surface area contributed by atoms with E-state index in [0.717, 1.165) is 19.5 Å². The topological polar surface area (TPSA) is 24.1 Å². The van der Waals surface area contributed by atoms with Gasteiger partial charge in [-0.25, -0.2) is 0 Å². The highest BCUT2D eigenvalue weighted by Gasteiger charge is 2.20. The van der Waals surface area contributed by atoms with E-state index >= 15 is 0 Å². The van der Waals surface area contributed by atoms with Gasteiger partial charge in [0.2, 0.25) is 0 Å². The Labute approximate surface area is 224 Å². The Bertz CT molecular complexity index is 1160. The van der Waals surface area contributed by atoms with Gasteiger partial charge in [-0.15, -0.1) is 0 Å². The maximum atomic E-state index is 3.94. The molecule has 192 valence electrons. The van der Waals surface area contributed by atoms with Gasteiger partial charge >= 0.3 is 0 Å². The number of nitrogens with one attached hydrogen (secondary N) is 2. The first kappa shape index (κ1) is 26.9. The summed E-state index contributed by atoms with van der Waals surface area (Å²) in [7, 11) is 0. The van der Waals surface area contributed by atoms with Gasteiger partial charge in [-0.1, -0.05) is 96.1 Å². The average Bonchev–Trinajstić information content (AvgIpc) is 2.86. The summed E-state index contributed by atoms with van der Waals surface area (Å²) in [5.74, 6) is 0. The molecule has 0 saturated heterocycles. The van der Waals surface area contributed by atoms with E-state index in [1.807, 2.05) is 0 Å². The number of rotatable bonds is 10. The number of benzene rings is 4. The van der Waals surface area contributed by atoms with Crippen LogP contribution in [0, 0.1) is 41.5 Å². The van der Waals surface area contributed by atoms with Gasteiger partial charge < -0.3 is 10.6 Å². The van der Waals surface area contributed by atoms with Crippen molar-refractivity contribution in [2.24, 2.45) is 0 Å². The van der Waals surface area contributed by atoms with Crippen LogP contribution in [0.4, 0.5) is 0 Å². The standard InChI is InChI=1S/C35H42N2/c1-24-17-26(3)32(27(4)18-24)22-36-34(30-13-9-7-10-14-30)21-35(31-15-11-8-12-16-31)37-23-33-28(5)19-25(2)20-29(33)6/h7-20,34-37H,21-23H2,1-6H3/t34-,35-/m0/s1. The van der Waals surface area contributed by atoms with Crippen LogP contribution in [0.3, 0.4) is 0 Å². The van der Waals surface area contributed by atoms with Gasteiger partial charge in [0.15, 0.2) is 0 Å². The smallest absolute Gasteiger partial charge is 0.0341 e. The zero-order valence-corrected chi connectivity index (χ0v) is 23.4. The molecule has 2 heteroatoms. The van der Waals surface area contributed by atoms with Crippen LogP contribution >= 0.6 is 0 Å². The predicted octanol–water partition coefficient (Wildman–Crippen LogP) is 8.29. The molecule has 0 aliphatic carbocycles. The Balaban J connectivity index is 1.60. The van der Waals surface area contributed by atoms with E-state index in [0.29, 0.717) is 0 Å². The van der Waals surface area contributed by atoms with Crippen molar-refractivity contribution >= 4 is 0 Å². The van der Waals surface area contributed by atoms with Crippen LogP contribution in [-0.2, 0) is 13.1 Å². The Morgan fingerprint density at radius 3 is 1.14 bits per heavy atom. The highest BCUT2D eigenvalue weighted by molar-refractivity contribution is 5.38. The van der Waals surface area contributed by atoms with Gasteiger partial charge in [-0.2, -0.15) is 0 Å². The fraction of sp³-hybridized carbons (Fsp3) is 0.314. The molecule has 4 aromatic rings. The summed E-state index contributed by atoms with van der Waals surface area (Å²) in [4.78, 5) is 0. The first-order valence-electron chi connectivity index (χ1n) is 13.5. The van der Waals surface area contributed by atoms with E-state index in [9.17, 15) is 0 Å². The molecule has 0 aromatic heterocycles. The SMILES string of the molecule is Cc1cc(C)c(CN[C@@H](C[C@H](NCc2c(C)cc(C)cc2C)c2ccccc2)c2ccccc2)c(C)c1. The number of hydrogen-bond acceptors (Lipinski definition) is 2. The second-order valence-corrected chi connectivity index (χ2v) is 10.7. The van der Waals surface area contributed by atoms with Crippen molar-refractivity contribution in [3.8, 4) is 0 Å². The van der Waals surface area contributed by atoms with Crippen LogP contribution in [0.15, 0.2) is 84.9 Å². The van der Waals surface area contributed by atoms with E-state index in [1.165, 1.54) is 55.6 Å². The average molecular weight is 491 g/mol. The molecule has 0 fully saturated rings. The minimum absolute atomic E-state index is 0.222. The third kappa shape index (κ3) is 6.97. The monoisotopic (exact) mass is 490 g/mol. The maximum absolute atomic E-state index is 3.94. The summed E-state index contributed by atoms with van der Waals surface area (Å²) < 4.78 is 0. The molecule has 2 N–H and O–H groups in total. The molecule has 0 aliphatic rings. The lowest BCUT2D eigenvalue weighted by Gasteiger charge is -2.28. The summed E-state index contributed by atoms with van der Waals surface area (Å²) in [6, 6.07) is 31.4. The molecule has 0 amide bonds. The Kier molecular flexibility index (Phi) is 8.97. The third-order valence-electron chi connectivity index (χ3n) is 7.61. The molecule has 0 aliphatic heterocycles. The minimum atomic E-state index is 0.222. The second-order valence-electron chi connectivity index (χ2n) is 10.7. The lowest BCUT2D eigenvalue weighted by Crippen LogP contribution is -2.29. The van der Waals surface area contributed by atoms with Crippen molar-refractivity contribution in [2.45, 2.75) is 73.1 Å². The van der Waals surface area contributed by atoms with Gasteiger partial charge in [-0.3, -0.25) is 0 Å². The van der Waals surface area contributed by atoms with Crippen LogP contribution < -0.4 is 10.6 Å². The first-order valence-corrected chi connectivity index (χ1v) is 13.5. The predicted molar refractivity (Wildman–Crippen MR) is 158 cm³/mol. The molecular formula is C35H42N2. The lowest BCUT2D eigenvalue weighted by molar-refractivity contribution is 0.402. The Morgan fingerprint density at radius 1 is 0.486 bits per heavy atom. The number of hydrogen-bond donors (Lipinski definition) is 2. The van der Waals surface area contributed by atoms with Gasteiger partial charge in [0.05, 0.1) is 0 Å². The van der Waals surface area contributed by atoms with E-state index < -0.39 is 0 Å². The minimum Gasteiger partial charge on any atom is -0.306 e. The van der Waals surface area contributed by atoms with Gasteiger partial charge in [-0.05, 0) is 92.5 Å². The molecule has 4 aromatic carbocycles. The van der Waals surface area contributed by atoms with E-state index in [1.54, 1.807) is 0 Å². The summed E-state index contributed by atoms with van der Waals surface area (Å²) in [6.45, 7) is 15.0. The summed E-state index contributed by atoms with van der Waals surface area (Å²) in [6.07, 6.45) is 0.960. The Morgan fingerprint density at radius 2 is 0.811 bits per heavy atom. The van der Waals surface area contributed by atoms with Crippen molar-refractivity contribution in [1.29, 1.82) is 0 Å². The van der Waals surface area contributed by atoms with Gasteiger partial charge in [0.1, 0.15) is 0 Å². The van der Waals surface area contributed by atoms with Crippen molar-refractivity contribution in [3.05, 3.63) is 141 Å². The quantitative estimate of drug-likeness (QED) is 0.234. The van der Waals surface area contributed by atoms with Gasteiger partial charge in [0, 0.05) is 25.2 Å². The molecule has 0 bridgehead atoms. The second kappa shape index (κ2) is 12.4. The van der Waals surface area contributed by atoms with Crippen molar-refractivity contribution in [1.82, 2.24) is 10.6 Å². The highest BCUT2D eigenvalue weighted by Crippen LogP contribution is 2.29. The maximum Gasteiger partial charge on any atom is 0.0341 e. The normalized spacial score (nSPS) is 12.9. The zero-order chi connectivity index (χ0) is 26.4. The molecular weight excluding hydrogens is 448 g/mol.